The Labute approximate surface area is 126 Å². The molecule has 2 unspecified atom stereocenters. The number of para-hydroxylation sites is 1. The molecule has 0 saturated carbocycles. The molecule has 2 heterocycles. The second-order valence-electron chi connectivity index (χ2n) is 6.23. The molecule has 0 radical (unpaired) electrons. The van der Waals surface area contributed by atoms with E-state index in [9.17, 15) is 8.42 Å². The Morgan fingerprint density at radius 2 is 1.76 bits per heavy atom. The van der Waals surface area contributed by atoms with Crippen molar-refractivity contribution in [1.82, 2.24) is 9.62 Å². The summed E-state index contributed by atoms with van der Waals surface area (Å²) in [6.07, 6.45) is 4.60. The molecule has 2 aliphatic heterocycles. The summed E-state index contributed by atoms with van der Waals surface area (Å²) in [7, 11) is -0.282. The first kappa shape index (κ1) is 14.8. The van der Waals surface area contributed by atoms with Crippen LogP contribution in [0.15, 0.2) is 29.2 Å². The van der Waals surface area contributed by atoms with E-state index in [-0.39, 0.29) is 0 Å². The molecule has 2 aliphatic rings. The first-order valence-corrected chi connectivity index (χ1v) is 8.95. The van der Waals surface area contributed by atoms with Gasteiger partial charge >= 0.3 is 0 Å². The van der Waals surface area contributed by atoms with Crippen molar-refractivity contribution in [2.24, 2.45) is 0 Å². The van der Waals surface area contributed by atoms with Gasteiger partial charge in [0.2, 0.25) is 10.0 Å². The highest BCUT2D eigenvalue weighted by Crippen LogP contribution is 2.31. The van der Waals surface area contributed by atoms with E-state index in [0.29, 0.717) is 23.0 Å². The Balaban J connectivity index is 1.83. The lowest BCUT2D eigenvalue weighted by Gasteiger charge is -2.31. The Hall–Kier alpha value is -1.11. The zero-order chi connectivity index (χ0) is 15.0. The van der Waals surface area contributed by atoms with Gasteiger partial charge in [0.1, 0.15) is 4.90 Å². The molecule has 3 rings (SSSR count). The minimum atomic E-state index is -3.41. The van der Waals surface area contributed by atoms with Crippen molar-refractivity contribution in [2.75, 3.05) is 19.4 Å². The molecule has 1 aromatic rings. The molecule has 0 aromatic heterocycles. The number of anilines is 1. The second kappa shape index (κ2) is 5.59. The summed E-state index contributed by atoms with van der Waals surface area (Å²) in [5.41, 5.74) is 0.720. The van der Waals surface area contributed by atoms with Crippen molar-refractivity contribution >= 4 is 15.7 Å². The Bertz CT molecular complexity index is 603. The maximum absolute atomic E-state index is 12.4. The molecule has 2 fully saturated rings. The van der Waals surface area contributed by atoms with Crippen LogP contribution >= 0.6 is 0 Å². The summed E-state index contributed by atoms with van der Waals surface area (Å²) >= 11 is 0. The van der Waals surface area contributed by atoms with Gasteiger partial charge in [0, 0.05) is 32.2 Å². The normalized spacial score (nSPS) is 28.8. The molecule has 2 atom stereocenters. The molecule has 116 valence electrons. The molecule has 0 amide bonds. The molecule has 1 aromatic carbocycles. The van der Waals surface area contributed by atoms with Gasteiger partial charge in [-0.3, -0.25) is 0 Å². The van der Waals surface area contributed by atoms with Crippen LogP contribution in [0.25, 0.3) is 0 Å². The predicted molar refractivity (Wildman–Crippen MR) is 83.9 cm³/mol. The smallest absolute Gasteiger partial charge is 0.244 e. The molecule has 6 heteroatoms. The van der Waals surface area contributed by atoms with Crippen LogP contribution in [0.2, 0.25) is 0 Å². The molecule has 2 N–H and O–H groups in total. The number of fused-ring (bicyclic) bond motifs is 2. The minimum absolute atomic E-state index is 0.349. The zero-order valence-corrected chi connectivity index (χ0v) is 13.4. The summed E-state index contributed by atoms with van der Waals surface area (Å²) in [4.78, 5) is 0.362. The van der Waals surface area contributed by atoms with E-state index in [1.807, 2.05) is 12.1 Å². The summed E-state index contributed by atoms with van der Waals surface area (Å²) in [6.45, 7) is 0. The molecule has 0 spiro atoms. The van der Waals surface area contributed by atoms with Gasteiger partial charge in [-0.05, 0) is 37.8 Å². The van der Waals surface area contributed by atoms with Crippen molar-refractivity contribution in [1.29, 1.82) is 0 Å². The molecule has 5 nitrogen and oxygen atoms in total. The van der Waals surface area contributed by atoms with Crippen molar-refractivity contribution in [3.8, 4) is 0 Å². The lowest BCUT2D eigenvalue weighted by atomic mass is 9.99. The lowest BCUT2D eigenvalue weighted by Crippen LogP contribution is -2.43. The van der Waals surface area contributed by atoms with Crippen LogP contribution in [0.4, 0.5) is 5.69 Å². The van der Waals surface area contributed by atoms with Crippen LogP contribution in [-0.2, 0) is 10.0 Å². The fraction of sp³-hybridized carbons (Fsp3) is 0.600. The van der Waals surface area contributed by atoms with E-state index in [1.165, 1.54) is 17.1 Å². The van der Waals surface area contributed by atoms with E-state index in [2.05, 4.69) is 10.6 Å². The average molecular weight is 309 g/mol. The number of hydrogen-bond donors (Lipinski definition) is 2. The number of sulfonamides is 1. The van der Waals surface area contributed by atoms with Gasteiger partial charge in [0.05, 0.1) is 5.69 Å². The van der Waals surface area contributed by atoms with Crippen LogP contribution in [-0.4, -0.2) is 44.9 Å². The van der Waals surface area contributed by atoms with Crippen molar-refractivity contribution in [2.45, 2.75) is 48.7 Å². The maximum atomic E-state index is 12.4. The third-order valence-corrected chi connectivity index (χ3v) is 6.35. The van der Waals surface area contributed by atoms with Crippen LogP contribution in [0.1, 0.15) is 25.7 Å². The molecule has 21 heavy (non-hydrogen) atoms. The van der Waals surface area contributed by atoms with Crippen molar-refractivity contribution in [3.63, 3.8) is 0 Å². The van der Waals surface area contributed by atoms with Crippen LogP contribution in [0.3, 0.4) is 0 Å². The SMILES string of the molecule is CN(C)S(=O)(=O)c1ccccc1NC1CC2CCC(C1)N2. The quantitative estimate of drug-likeness (QED) is 0.887. The minimum Gasteiger partial charge on any atom is -0.381 e. The highest BCUT2D eigenvalue weighted by atomic mass is 32.2. The van der Waals surface area contributed by atoms with Gasteiger partial charge in [-0.25, -0.2) is 12.7 Å². The van der Waals surface area contributed by atoms with Crippen LogP contribution in [0.5, 0.6) is 0 Å². The van der Waals surface area contributed by atoms with Crippen LogP contribution in [0, 0.1) is 0 Å². The molecular weight excluding hydrogens is 286 g/mol. The van der Waals surface area contributed by atoms with Crippen molar-refractivity contribution < 1.29 is 8.42 Å². The van der Waals surface area contributed by atoms with Gasteiger partial charge in [-0.15, -0.1) is 0 Å². The number of piperidine rings is 1. The van der Waals surface area contributed by atoms with Gasteiger partial charge in [0.25, 0.3) is 0 Å². The predicted octanol–water partition coefficient (Wildman–Crippen LogP) is 1.63. The maximum Gasteiger partial charge on any atom is 0.244 e. The monoisotopic (exact) mass is 309 g/mol. The summed E-state index contributed by atoms with van der Waals surface area (Å²) in [5, 5.41) is 7.07. The van der Waals surface area contributed by atoms with E-state index >= 15 is 0 Å². The number of hydrogen-bond acceptors (Lipinski definition) is 4. The first-order valence-electron chi connectivity index (χ1n) is 7.51. The second-order valence-corrected chi connectivity index (χ2v) is 8.35. The third kappa shape index (κ3) is 2.93. The van der Waals surface area contributed by atoms with Gasteiger partial charge in [0.15, 0.2) is 0 Å². The number of nitrogens with one attached hydrogen (secondary N) is 2. The molecule has 2 bridgehead atoms. The molecule has 0 aliphatic carbocycles. The fourth-order valence-corrected chi connectivity index (χ4v) is 4.45. The molecule has 2 saturated heterocycles. The van der Waals surface area contributed by atoms with Gasteiger partial charge in [-0.1, -0.05) is 12.1 Å². The van der Waals surface area contributed by atoms with Crippen LogP contribution < -0.4 is 10.6 Å². The van der Waals surface area contributed by atoms with Gasteiger partial charge in [-0.2, -0.15) is 0 Å². The summed E-state index contributed by atoms with van der Waals surface area (Å²) in [5.74, 6) is 0. The zero-order valence-electron chi connectivity index (χ0n) is 12.5. The van der Waals surface area contributed by atoms with Crippen molar-refractivity contribution in [3.05, 3.63) is 24.3 Å². The van der Waals surface area contributed by atoms with E-state index in [0.717, 1.165) is 18.5 Å². The third-order valence-electron chi connectivity index (χ3n) is 4.48. The van der Waals surface area contributed by atoms with E-state index in [1.54, 1.807) is 26.2 Å². The lowest BCUT2D eigenvalue weighted by molar-refractivity contribution is 0.378. The number of benzene rings is 1. The average Bonchev–Trinajstić information content (AvgIpc) is 2.78. The Kier molecular flexibility index (Phi) is 3.94. The number of nitrogens with zero attached hydrogens (tertiary/aromatic N) is 1. The molecular formula is C15H23N3O2S. The summed E-state index contributed by atoms with van der Waals surface area (Å²) in [6, 6.07) is 8.70. The fourth-order valence-electron chi connectivity index (χ4n) is 3.40. The first-order chi connectivity index (χ1) is 9.96. The van der Waals surface area contributed by atoms with E-state index < -0.39 is 10.0 Å². The highest BCUT2D eigenvalue weighted by molar-refractivity contribution is 7.89. The summed E-state index contributed by atoms with van der Waals surface area (Å²) < 4.78 is 26.1. The Morgan fingerprint density at radius 1 is 1.14 bits per heavy atom. The topological polar surface area (TPSA) is 61.4 Å². The van der Waals surface area contributed by atoms with Gasteiger partial charge < -0.3 is 10.6 Å². The van der Waals surface area contributed by atoms with E-state index in [4.69, 9.17) is 0 Å². The Morgan fingerprint density at radius 3 is 2.38 bits per heavy atom. The highest BCUT2D eigenvalue weighted by Gasteiger charge is 2.34. The standard InChI is InChI=1S/C15H23N3O2S/c1-18(2)21(19,20)15-6-4-3-5-14(15)17-13-9-11-7-8-12(10-13)16-11/h3-6,11-13,16-17H,7-10H2,1-2H3. The number of rotatable bonds is 4. The largest absolute Gasteiger partial charge is 0.381 e.